The molecule has 0 rings (SSSR count). The number of allylic oxidation sites excluding steroid dienone is 1. The van der Waals surface area contributed by atoms with Gasteiger partial charge in [-0.2, -0.15) is 0 Å². The van der Waals surface area contributed by atoms with Gasteiger partial charge in [0.25, 0.3) is 0 Å². The van der Waals surface area contributed by atoms with Gasteiger partial charge in [0.05, 0.1) is 0 Å². The molecule has 27 heavy (non-hydrogen) atoms. The summed E-state index contributed by atoms with van der Waals surface area (Å²) in [6.45, 7) is 3.84. The minimum absolute atomic E-state index is 0.212. The van der Waals surface area contributed by atoms with Crippen LogP contribution in [0.15, 0.2) is 12.2 Å². The molecule has 0 fully saturated rings. The normalized spacial score (nSPS) is 12.7. The van der Waals surface area contributed by atoms with E-state index in [1.807, 2.05) is 6.08 Å². The molecule has 0 saturated heterocycles. The molecule has 0 aromatic heterocycles. The van der Waals surface area contributed by atoms with Crippen molar-refractivity contribution in [1.82, 2.24) is 0 Å². The predicted molar refractivity (Wildman–Crippen MR) is 113 cm³/mol. The van der Waals surface area contributed by atoms with Gasteiger partial charge < -0.3 is 14.9 Å². The lowest BCUT2D eigenvalue weighted by molar-refractivity contribution is -0.146. The fourth-order valence-electron chi connectivity index (χ4n) is 3.18. The van der Waals surface area contributed by atoms with Crippen LogP contribution in [-0.2, 0) is 9.53 Å². The van der Waals surface area contributed by atoms with E-state index in [1.54, 1.807) is 6.08 Å². The van der Waals surface area contributed by atoms with Crippen molar-refractivity contribution in [3.8, 4) is 0 Å². The number of aliphatic hydroxyl groups is 1. The highest BCUT2D eigenvalue weighted by Crippen LogP contribution is 2.13. The Morgan fingerprint density at radius 3 is 1.67 bits per heavy atom. The van der Waals surface area contributed by atoms with Crippen molar-refractivity contribution < 1.29 is 19.7 Å². The standard InChI is InChI=1S/C23H44O4/c1-2-27-21-19-17-15-13-11-9-7-5-3-4-6-8-10-12-14-16-18-20-22(24)23(25)26/h16,18,22,24H,2-15,17,19-21H2,1H3,(H,25,26). The third-order valence-corrected chi connectivity index (χ3v) is 4.92. The monoisotopic (exact) mass is 384 g/mol. The second-order valence-corrected chi connectivity index (χ2v) is 7.50. The van der Waals surface area contributed by atoms with Crippen LogP contribution in [0.3, 0.4) is 0 Å². The number of carbonyl (C=O) groups is 1. The van der Waals surface area contributed by atoms with E-state index in [-0.39, 0.29) is 6.42 Å². The molecule has 2 N–H and O–H groups in total. The molecule has 0 saturated carbocycles. The average molecular weight is 385 g/mol. The second-order valence-electron chi connectivity index (χ2n) is 7.50. The van der Waals surface area contributed by atoms with Crippen LogP contribution in [0.5, 0.6) is 0 Å². The van der Waals surface area contributed by atoms with Gasteiger partial charge in [-0.05, 0) is 26.2 Å². The molecule has 160 valence electrons. The number of unbranched alkanes of at least 4 members (excludes halogenated alkanes) is 14. The SMILES string of the molecule is CCOCCCCCCCCCCCCCCCCC=CCC(O)C(=O)O. The Morgan fingerprint density at radius 1 is 0.778 bits per heavy atom. The Balaban J connectivity index is 3.11. The molecule has 0 amide bonds. The number of carboxylic acids is 1. The zero-order valence-electron chi connectivity index (χ0n) is 17.7. The first kappa shape index (κ1) is 26.1. The smallest absolute Gasteiger partial charge is 0.332 e. The summed E-state index contributed by atoms with van der Waals surface area (Å²) in [6, 6.07) is 0. The van der Waals surface area contributed by atoms with E-state index in [4.69, 9.17) is 14.9 Å². The van der Waals surface area contributed by atoms with Gasteiger partial charge in [0.2, 0.25) is 0 Å². The molecular formula is C23H44O4. The maximum absolute atomic E-state index is 10.4. The average Bonchev–Trinajstić information content (AvgIpc) is 2.66. The van der Waals surface area contributed by atoms with Crippen LogP contribution < -0.4 is 0 Å². The molecule has 4 heteroatoms. The first-order valence-electron chi connectivity index (χ1n) is 11.3. The van der Waals surface area contributed by atoms with Gasteiger partial charge in [0, 0.05) is 19.6 Å². The number of aliphatic hydroxyl groups excluding tert-OH is 1. The van der Waals surface area contributed by atoms with Crippen molar-refractivity contribution in [3.05, 3.63) is 12.2 Å². The van der Waals surface area contributed by atoms with E-state index in [0.717, 1.165) is 26.1 Å². The quantitative estimate of drug-likeness (QED) is 0.181. The number of carboxylic acid groups (broad SMARTS) is 1. The molecule has 0 aromatic rings. The maximum Gasteiger partial charge on any atom is 0.332 e. The lowest BCUT2D eigenvalue weighted by Crippen LogP contribution is -2.17. The zero-order chi connectivity index (χ0) is 20.0. The molecule has 0 heterocycles. The van der Waals surface area contributed by atoms with E-state index in [9.17, 15) is 4.79 Å². The van der Waals surface area contributed by atoms with E-state index >= 15 is 0 Å². The molecule has 1 unspecified atom stereocenters. The van der Waals surface area contributed by atoms with Crippen LogP contribution in [0.1, 0.15) is 110 Å². The van der Waals surface area contributed by atoms with E-state index in [1.165, 1.54) is 83.5 Å². The Bertz CT molecular complexity index is 341. The van der Waals surface area contributed by atoms with Crippen LogP contribution in [0.2, 0.25) is 0 Å². The Labute approximate surface area is 167 Å². The van der Waals surface area contributed by atoms with Crippen LogP contribution in [0.25, 0.3) is 0 Å². The van der Waals surface area contributed by atoms with Crippen LogP contribution in [-0.4, -0.2) is 35.5 Å². The molecule has 1 atom stereocenters. The highest BCUT2D eigenvalue weighted by atomic mass is 16.5. The van der Waals surface area contributed by atoms with Crippen LogP contribution >= 0.6 is 0 Å². The number of ether oxygens (including phenoxy) is 1. The van der Waals surface area contributed by atoms with Crippen molar-refractivity contribution in [1.29, 1.82) is 0 Å². The number of hydrogen-bond acceptors (Lipinski definition) is 3. The molecule has 0 spiro atoms. The number of aliphatic carboxylic acids is 1. The first-order valence-corrected chi connectivity index (χ1v) is 11.3. The van der Waals surface area contributed by atoms with Crippen molar-refractivity contribution in [2.75, 3.05) is 13.2 Å². The van der Waals surface area contributed by atoms with E-state index < -0.39 is 12.1 Å². The van der Waals surface area contributed by atoms with Gasteiger partial charge >= 0.3 is 5.97 Å². The number of hydrogen-bond donors (Lipinski definition) is 2. The molecule has 0 bridgehead atoms. The van der Waals surface area contributed by atoms with Crippen molar-refractivity contribution >= 4 is 5.97 Å². The molecule has 0 aromatic carbocycles. The molecular weight excluding hydrogens is 340 g/mol. The molecule has 0 aliphatic rings. The van der Waals surface area contributed by atoms with Gasteiger partial charge in [-0.1, -0.05) is 89.2 Å². The summed E-state index contributed by atoms with van der Waals surface area (Å²) in [7, 11) is 0. The highest BCUT2D eigenvalue weighted by Gasteiger charge is 2.09. The summed E-state index contributed by atoms with van der Waals surface area (Å²) >= 11 is 0. The zero-order valence-corrected chi connectivity index (χ0v) is 17.7. The van der Waals surface area contributed by atoms with Crippen molar-refractivity contribution in [2.45, 2.75) is 116 Å². The number of rotatable bonds is 21. The molecule has 0 aliphatic heterocycles. The van der Waals surface area contributed by atoms with Gasteiger partial charge in [0.1, 0.15) is 0 Å². The third kappa shape index (κ3) is 21.3. The minimum atomic E-state index is -1.26. The summed E-state index contributed by atoms with van der Waals surface area (Å²) < 4.78 is 5.35. The van der Waals surface area contributed by atoms with E-state index in [0.29, 0.717) is 0 Å². The summed E-state index contributed by atoms with van der Waals surface area (Å²) in [6.07, 6.45) is 22.3. The molecule has 4 nitrogen and oxygen atoms in total. The Morgan fingerprint density at radius 2 is 1.22 bits per heavy atom. The lowest BCUT2D eigenvalue weighted by Gasteiger charge is -2.04. The summed E-state index contributed by atoms with van der Waals surface area (Å²) in [4.78, 5) is 10.4. The van der Waals surface area contributed by atoms with Crippen molar-refractivity contribution in [2.24, 2.45) is 0 Å². The minimum Gasteiger partial charge on any atom is -0.479 e. The van der Waals surface area contributed by atoms with Gasteiger partial charge in [-0.15, -0.1) is 0 Å². The predicted octanol–water partition coefficient (Wildman–Crippen LogP) is 6.27. The first-order chi connectivity index (χ1) is 13.2. The fourth-order valence-corrected chi connectivity index (χ4v) is 3.18. The fraction of sp³-hybridized carbons (Fsp3) is 0.870. The maximum atomic E-state index is 10.4. The van der Waals surface area contributed by atoms with Gasteiger partial charge in [-0.25, -0.2) is 4.79 Å². The summed E-state index contributed by atoms with van der Waals surface area (Å²) in [5.41, 5.74) is 0. The van der Waals surface area contributed by atoms with Crippen molar-refractivity contribution in [3.63, 3.8) is 0 Å². The molecule has 0 radical (unpaired) electrons. The van der Waals surface area contributed by atoms with Crippen LogP contribution in [0, 0.1) is 0 Å². The Kier molecular flexibility index (Phi) is 20.7. The van der Waals surface area contributed by atoms with Gasteiger partial charge in [0.15, 0.2) is 6.10 Å². The third-order valence-electron chi connectivity index (χ3n) is 4.92. The largest absolute Gasteiger partial charge is 0.479 e. The topological polar surface area (TPSA) is 66.8 Å². The lowest BCUT2D eigenvalue weighted by atomic mass is 10.0. The van der Waals surface area contributed by atoms with E-state index in [2.05, 4.69) is 6.92 Å². The van der Waals surface area contributed by atoms with Gasteiger partial charge in [-0.3, -0.25) is 0 Å². The van der Waals surface area contributed by atoms with Crippen LogP contribution in [0.4, 0.5) is 0 Å². The summed E-state index contributed by atoms with van der Waals surface area (Å²) in [5, 5.41) is 17.7. The summed E-state index contributed by atoms with van der Waals surface area (Å²) in [5.74, 6) is -1.15. The highest BCUT2D eigenvalue weighted by molar-refractivity contribution is 5.72. The second kappa shape index (κ2) is 21.4. The Hall–Kier alpha value is -0.870. The molecule has 0 aliphatic carbocycles.